The molecule has 69 heavy (non-hydrogen) atoms. The SMILES string of the molecule is Cc1ncsc1-c1ccc(CNC(=O)[C@@H]2C[C@@H](O)CN2C(=O)[C@@H](NC(=O)COCCOCCOCCNC(=O)CC2N=C(c3ccc(Cl)cc3)c3c(sc(C)c3C)-n3c(C)nnc32)C(C)(C)C)cc1. The quantitative estimate of drug-likeness (QED) is 0.0706. The number of likely N-dealkylation sites (tertiary alicyclic amines) is 1. The Labute approximate surface area is 415 Å². The lowest BCUT2D eigenvalue weighted by Gasteiger charge is -2.35. The molecule has 3 aromatic heterocycles. The molecule has 4 atom stereocenters. The number of ether oxygens (including phenoxy) is 3. The van der Waals surface area contributed by atoms with E-state index < -0.39 is 41.5 Å². The summed E-state index contributed by atoms with van der Waals surface area (Å²) < 4.78 is 18.8. The number of carbonyl (C=O) groups excluding carboxylic acids is 4. The van der Waals surface area contributed by atoms with E-state index >= 15 is 0 Å². The van der Waals surface area contributed by atoms with E-state index in [0.717, 1.165) is 54.0 Å². The molecule has 0 saturated carbocycles. The zero-order valence-corrected chi connectivity index (χ0v) is 42.4. The molecule has 5 aromatic rings. The molecule has 0 spiro atoms. The minimum Gasteiger partial charge on any atom is -0.391 e. The Hall–Kier alpha value is -5.41. The summed E-state index contributed by atoms with van der Waals surface area (Å²) in [5.74, 6) is -0.231. The molecule has 4 amide bonds. The third-order valence-corrected chi connectivity index (χ3v) is 14.4. The molecular formula is C49H60ClN9O8S2. The zero-order valence-electron chi connectivity index (χ0n) is 40.0. The van der Waals surface area contributed by atoms with Crippen molar-refractivity contribution in [3.8, 4) is 15.4 Å². The van der Waals surface area contributed by atoms with Crippen LogP contribution in [0.5, 0.6) is 0 Å². The molecular weight excluding hydrogens is 942 g/mol. The average molecular weight is 1000 g/mol. The van der Waals surface area contributed by atoms with Crippen molar-refractivity contribution in [2.75, 3.05) is 52.7 Å². The number of nitrogens with one attached hydrogen (secondary N) is 3. The standard InChI is InChI=1S/C49H60ClN9O8S2/c1-28-30(3)69-48-41(28)42(33-12-14-35(50)15-13-33)54-37(45-57-56-31(4)59(45)48)23-39(61)51-16-17-65-18-19-66-20-21-67-26-40(62)55-44(49(5,6)7)47(64)58-25-36(60)22-38(58)46(63)52-24-32-8-10-34(11-9-32)43-29(2)53-27-68-43/h8-15,27,36-38,44,60H,16-26H2,1-7H3,(H,51,61)(H,52,63)(H,55,62)/t36-,37?,38+,44-/m1/s1. The fraction of sp³-hybridized carbons (Fsp3) is 0.469. The molecule has 4 N–H and O–H groups in total. The predicted octanol–water partition coefficient (Wildman–Crippen LogP) is 5.60. The third-order valence-electron chi connectivity index (χ3n) is 12.0. The lowest BCUT2D eigenvalue weighted by Crippen LogP contribution is -2.58. The van der Waals surface area contributed by atoms with Gasteiger partial charge in [0, 0.05) is 47.1 Å². The highest BCUT2D eigenvalue weighted by Crippen LogP contribution is 2.40. The first-order valence-corrected chi connectivity index (χ1v) is 25.0. The van der Waals surface area contributed by atoms with Crippen LogP contribution >= 0.6 is 34.3 Å². The minimum absolute atomic E-state index is 0.0281. The van der Waals surface area contributed by atoms with Gasteiger partial charge in [-0.05, 0) is 61.9 Å². The Balaban J connectivity index is 0.797. The van der Waals surface area contributed by atoms with Crippen molar-refractivity contribution < 1.29 is 38.5 Å². The maximum Gasteiger partial charge on any atom is 0.246 e. The lowest BCUT2D eigenvalue weighted by molar-refractivity contribution is -0.144. The Morgan fingerprint density at radius 1 is 0.884 bits per heavy atom. The third kappa shape index (κ3) is 12.7. The van der Waals surface area contributed by atoms with Crippen molar-refractivity contribution in [1.82, 2.24) is 40.6 Å². The molecule has 1 unspecified atom stereocenters. The van der Waals surface area contributed by atoms with Crippen LogP contribution in [-0.2, 0) is 39.9 Å². The monoisotopic (exact) mass is 1000 g/mol. The van der Waals surface area contributed by atoms with Gasteiger partial charge in [0.15, 0.2) is 5.82 Å². The predicted molar refractivity (Wildman–Crippen MR) is 265 cm³/mol. The number of nitrogens with zero attached hydrogens (tertiary/aromatic N) is 6. The van der Waals surface area contributed by atoms with E-state index in [0.29, 0.717) is 16.7 Å². The molecule has 368 valence electrons. The van der Waals surface area contributed by atoms with Crippen LogP contribution in [0, 0.1) is 33.1 Å². The number of hydrogen-bond acceptors (Lipinski definition) is 14. The number of hydrogen-bond donors (Lipinski definition) is 4. The highest BCUT2D eigenvalue weighted by molar-refractivity contribution is 7.15. The number of aryl methyl sites for hydroxylation is 3. The summed E-state index contributed by atoms with van der Waals surface area (Å²) in [6, 6.07) is 12.9. The van der Waals surface area contributed by atoms with Gasteiger partial charge in [-0.2, -0.15) is 0 Å². The van der Waals surface area contributed by atoms with Gasteiger partial charge >= 0.3 is 0 Å². The van der Waals surface area contributed by atoms with Crippen molar-refractivity contribution in [2.24, 2.45) is 10.4 Å². The van der Waals surface area contributed by atoms with Crippen molar-refractivity contribution in [1.29, 1.82) is 0 Å². The van der Waals surface area contributed by atoms with Gasteiger partial charge in [-0.1, -0.05) is 68.8 Å². The summed E-state index contributed by atoms with van der Waals surface area (Å²) in [7, 11) is 0. The fourth-order valence-electron chi connectivity index (χ4n) is 8.23. The number of aliphatic imine (C=N–C) groups is 1. The van der Waals surface area contributed by atoms with Crippen molar-refractivity contribution in [3.05, 3.63) is 104 Å². The number of benzene rings is 2. The molecule has 20 heteroatoms. The van der Waals surface area contributed by atoms with Crippen LogP contribution in [-0.4, -0.2) is 130 Å². The molecule has 2 aliphatic rings. The highest BCUT2D eigenvalue weighted by atomic mass is 35.5. The molecule has 0 bridgehead atoms. The van der Waals surface area contributed by atoms with Crippen LogP contribution in [0.1, 0.15) is 84.1 Å². The second kappa shape index (κ2) is 23.0. The van der Waals surface area contributed by atoms with Crippen molar-refractivity contribution >= 4 is 63.6 Å². The first-order valence-electron chi connectivity index (χ1n) is 22.9. The minimum atomic E-state index is -0.984. The largest absolute Gasteiger partial charge is 0.391 e. The number of amides is 4. The van der Waals surface area contributed by atoms with Gasteiger partial charge < -0.3 is 40.2 Å². The molecule has 0 radical (unpaired) electrons. The van der Waals surface area contributed by atoms with E-state index in [2.05, 4.69) is 45.0 Å². The number of thiazole rings is 1. The first kappa shape index (κ1) is 51.4. The van der Waals surface area contributed by atoms with Crippen LogP contribution in [0.4, 0.5) is 0 Å². The molecule has 1 fully saturated rings. The Bertz CT molecular complexity index is 2640. The highest BCUT2D eigenvalue weighted by Gasteiger charge is 2.44. The number of rotatable bonds is 20. The second-order valence-corrected chi connectivity index (χ2v) is 20.7. The Kier molecular flexibility index (Phi) is 17.2. The molecule has 0 aliphatic carbocycles. The topological polar surface area (TPSA) is 211 Å². The molecule has 1 saturated heterocycles. The molecule has 17 nitrogen and oxygen atoms in total. The number of aliphatic hydroxyl groups excluding tert-OH is 1. The average Bonchev–Trinajstić information content (AvgIpc) is 4.08. The Morgan fingerprint density at radius 3 is 2.25 bits per heavy atom. The van der Waals surface area contributed by atoms with Crippen LogP contribution in [0.25, 0.3) is 15.4 Å². The number of aromatic nitrogens is 4. The summed E-state index contributed by atoms with van der Waals surface area (Å²) in [6.07, 6.45) is -0.737. The van der Waals surface area contributed by atoms with Crippen molar-refractivity contribution in [3.63, 3.8) is 0 Å². The van der Waals surface area contributed by atoms with E-state index in [9.17, 15) is 24.3 Å². The number of aliphatic hydroxyl groups is 1. The maximum absolute atomic E-state index is 14.0. The molecule has 5 heterocycles. The normalized spacial score (nSPS) is 17.1. The first-order chi connectivity index (χ1) is 33.0. The van der Waals surface area contributed by atoms with E-state index in [1.165, 1.54) is 4.90 Å². The van der Waals surface area contributed by atoms with Gasteiger partial charge in [0.25, 0.3) is 0 Å². The van der Waals surface area contributed by atoms with Gasteiger partial charge in [0.05, 0.1) is 67.4 Å². The second-order valence-electron chi connectivity index (χ2n) is 18.2. The zero-order chi connectivity index (χ0) is 49.4. The van der Waals surface area contributed by atoms with Crippen LogP contribution in [0.15, 0.2) is 59.0 Å². The van der Waals surface area contributed by atoms with Crippen LogP contribution in [0.2, 0.25) is 5.02 Å². The molecule has 7 rings (SSSR count). The van der Waals surface area contributed by atoms with E-state index in [4.69, 9.17) is 30.8 Å². The summed E-state index contributed by atoms with van der Waals surface area (Å²) in [4.78, 5) is 66.8. The van der Waals surface area contributed by atoms with E-state index in [1.807, 2.05) is 93.2 Å². The van der Waals surface area contributed by atoms with Gasteiger partial charge in [-0.15, -0.1) is 32.9 Å². The van der Waals surface area contributed by atoms with Gasteiger partial charge in [0.2, 0.25) is 23.6 Å². The fourth-order valence-corrected chi connectivity index (χ4v) is 10.4. The van der Waals surface area contributed by atoms with Crippen LogP contribution < -0.4 is 16.0 Å². The smallest absolute Gasteiger partial charge is 0.246 e. The number of halogens is 1. The van der Waals surface area contributed by atoms with Gasteiger partial charge in [0.1, 0.15) is 35.6 Å². The number of carbonyl (C=O) groups is 4. The summed E-state index contributed by atoms with van der Waals surface area (Å²) in [5, 5.41) is 29.6. The summed E-state index contributed by atoms with van der Waals surface area (Å²) in [6.45, 7) is 14.8. The molecule has 2 aromatic carbocycles. The number of β-amino-alcohol motifs (C(OH)–C–C–N with tert-alkyl or cyclic N) is 1. The number of fused-ring (bicyclic) bond motifs is 3. The van der Waals surface area contributed by atoms with Gasteiger partial charge in [-0.25, -0.2) is 4.98 Å². The van der Waals surface area contributed by atoms with Gasteiger partial charge in [-0.3, -0.25) is 28.7 Å². The maximum atomic E-state index is 14.0. The van der Waals surface area contributed by atoms with E-state index in [-0.39, 0.29) is 83.9 Å². The Morgan fingerprint density at radius 2 is 1.57 bits per heavy atom. The van der Waals surface area contributed by atoms with Crippen LogP contribution in [0.3, 0.4) is 0 Å². The summed E-state index contributed by atoms with van der Waals surface area (Å²) in [5.41, 5.74) is 7.76. The lowest BCUT2D eigenvalue weighted by atomic mass is 9.85. The number of thiophene rings is 1. The van der Waals surface area contributed by atoms with Crippen molar-refractivity contribution in [2.45, 2.75) is 92.1 Å². The van der Waals surface area contributed by atoms with E-state index in [1.54, 1.807) is 22.7 Å². The summed E-state index contributed by atoms with van der Waals surface area (Å²) >= 11 is 9.45. The molecule has 2 aliphatic heterocycles.